The number of halogens is 1. The maximum Gasteiger partial charge on any atom is 0.191 e. The minimum Gasteiger partial charge on any atom is -0.493 e. The van der Waals surface area contributed by atoms with Crippen molar-refractivity contribution in [1.82, 2.24) is 15.5 Å². The van der Waals surface area contributed by atoms with Crippen LogP contribution in [0.2, 0.25) is 0 Å². The van der Waals surface area contributed by atoms with E-state index in [4.69, 9.17) is 9.47 Å². The van der Waals surface area contributed by atoms with E-state index in [1.165, 1.54) is 19.3 Å². The monoisotopic (exact) mass is 550 g/mol. The Morgan fingerprint density at radius 2 is 2.00 bits per heavy atom. The minimum atomic E-state index is 0. The normalized spacial score (nSPS) is 18.8. The van der Waals surface area contributed by atoms with Crippen LogP contribution in [0, 0.1) is 0 Å². The molecule has 1 saturated carbocycles. The van der Waals surface area contributed by atoms with Crippen molar-refractivity contribution in [3.05, 3.63) is 23.8 Å². The minimum absolute atomic E-state index is 0. The van der Waals surface area contributed by atoms with Crippen LogP contribution in [-0.4, -0.2) is 68.8 Å². The lowest BCUT2D eigenvalue weighted by atomic mass is 10.2. The van der Waals surface area contributed by atoms with Crippen molar-refractivity contribution in [3.63, 3.8) is 0 Å². The van der Waals surface area contributed by atoms with E-state index in [1.54, 1.807) is 7.11 Å². The molecular weight excluding hydrogens is 511 g/mol. The van der Waals surface area contributed by atoms with Crippen LogP contribution in [-0.2, 0) is 6.54 Å². The van der Waals surface area contributed by atoms with Crippen LogP contribution in [0.4, 0.5) is 0 Å². The van der Waals surface area contributed by atoms with Crippen molar-refractivity contribution in [1.29, 1.82) is 0 Å². The van der Waals surface area contributed by atoms with Gasteiger partial charge in [-0.25, -0.2) is 0 Å². The molecule has 2 atom stereocenters. The lowest BCUT2D eigenvalue weighted by Gasteiger charge is -2.19. The van der Waals surface area contributed by atoms with E-state index in [0.717, 1.165) is 47.9 Å². The average molecular weight is 551 g/mol. The molecule has 1 aromatic carbocycles. The maximum absolute atomic E-state index is 5.95. The summed E-state index contributed by atoms with van der Waals surface area (Å²) in [6.07, 6.45) is 5.89. The topological polar surface area (TPSA) is 58.1 Å². The van der Waals surface area contributed by atoms with Gasteiger partial charge in [-0.2, -0.15) is 11.8 Å². The van der Waals surface area contributed by atoms with Crippen LogP contribution in [0.3, 0.4) is 0 Å². The van der Waals surface area contributed by atoms with Gasteiger partial charge in [-0.05, 0) is 56.3 Å². The molecule has 0 amide bonds. The summed E-state index contributed by atoms with van der Waals surface area (Å²) in [6, 6.07) is 6.62. The Morgan fingerprint density at radius 1 is 1.23 bits per heavy atom. The Balaban J connectivity index is 0.00000450. The highest BCUT2D eigenvalue weighted by molar-refractivity contribution is 14.0. The molecule has 172 valence electrons. The lowest BCUT2D eigenvalue weighted by molar-refractivity contribution is 0.217. The summed E-state index contributed by atoms with van der Waals surface area (Å²) in [5, 5.41) is 7.74. The fourth-order valence-electron chi connectivity index (χ4n) is 3.62. The second-order valence-corrected chi connectivity index (χ2v) is 8.44. The Labute approximate surface area is 204 Å². The van der Waals surface area contributed by atoms with Crippen molar-refractivity contribution in [2.24, 2.45) is 4.99 Å². The van der Waals surface area contributed by atoms with Crippen LogP contribution in [0.1, 0.15) is 38.7 Å². The number of thioether (sulfide) groups is 1. The molecule has 30 heavy (non-hydrogen) atoms. The van der Waals surface area contributed by atoms with Gasteiger partial charge >= 0.3 is 0 Å². The Hall–Kier alpha value is -0.870. The van der Waals surface area contributed by atoms with Crippen LogP contribution < -0.4 is 20.1 Å². The van der Waals surface area contributed by atoms with E-state index < -0.39 is 0 Å². The highest BCUT2D eigenvalue weighted by Gasteiger charge is 2.24. The average Bonchev–Trinajstić information content (AvgIpc) is 3.22. The molecule has 1 aliphatic rings. The molecule has 2 unspecified atom stereocenters. The highest BCUT2D eigenvalue weighted by atomic mass is 127. The number of guanidine groups is 1. The molecule has 0 heterocycles. The Morgan fingerprint density at radius 3 is 2.60 bits per heavy atom. The molecule has 0 saturated heterocycles. The molecule has 0 radical (unpaired) electrons. The number of hydrogen-bond acceptors (Lipinski definition) is 5. The Kier molecular flexibility index (Phi) is 13.6. The van der Waals surface area contributed by atoms with Gasteiger partial charge in [0.05, 0.1) is 7.11 Å². The summed E-state index contributed by atoms with van der Waals surface area (Å²) >= 11 is 1.97. The van der Waals surface area contributed by atoms with Crippen LogP contribution >= 0.6 is 35.7 Å². The number of likely N-dealkylation sites (N-methyl/N-ethyl adjacent to an activating group) is 1. The fraction of sp³-hybridized carbons (Fsp3) is 0.682. The van der Waals surface area contributed by atoms with Gasteiger partial charge in [-0.1, -0.05) is 19.9 Å². The smallest absolute Gasteiger partial charge is 0.191 e. The molecule has 2 rings (SSSR count). The predicted molar refractivity (Wildman–Crippen MR) is 140 cm³/mol. The van der Waals surface area contributed by atoms with E-state index in [-0.39, 0.29) is 24.0 Å². The van der Waals surface area contributed by atoms with Gasteiger partial charge in [-0.15, -0.1) is 24.0 Å². The van der Waals surface area contributed by atoms with Crippen LogP contribution in [0.5, 0.6) is 11.5 Å². The SMILES string of the molecule is CCN(CC)CCOc1ccc(CNC(=NC)NC2CCC(SC)C2)cc1OC.I. The first-order valence-corrected chi connectivity index (χ1v) is 11.9. The number of nitrogens with zero attached hydrogens (tertiary/aromatic N) is 2. The molecule has 1 aromatic rings. The largest absolute Gasteiger partial charge is 0.493 e. The summed E-state index contributed by atoms with van der Waals surface area (Å²) in [5.74, 6) is 2.42. The third-order valence-electron chi connectivity index (χ3n) is 5.53. The summed E-state index contributed by atoms with van der Waals surface area (Å²) in [6.45, 7) is 8.68. The number of rotatable bonds is 11. The van der Waals surface area contributed by atoms with Crippen LogP contribution in [0.25, 0.3) is 0 Å². The maximum atomic E-state index is 5.95. The van der Waals surface area contributed by atoms with Crippen molar-refractivity contribution in [3.8, 4) is 11.5 Å². The van der Waals surface area contributed by atoms with Gasteiger partial charge in [0.15, 0.2) is 17.5 Å². The number of benzene rings is 1. The van der Waals surface area contributed by atoms with Gasteiger partial charge in [0.2, 0.25) is 0 Å². The summed E-state index contributed by atoms with van der Waals surface area (Å²) in [5.41, 5.74) is 1.13. The van der Waals surface area contributed by atoms with Crippen LogP contribution in [0.15, 0.2) is 23.2 Å². The van der Waals surface area contributed by atoms with Gasteiger partial charge in [-0.3, -0.25) is 4.99 Å². The van der Waals surface area contributed by atoms with Crippen molar-refractivity contribution in [2.75, 3.05) is 46.7 Å². The lowest BCUT2D eigenvalue weighted by Crippen LogP contribution is -2.42. The van der Waals surface area contributed by atoms with E-state index in [2.05, 4.69) is 46.7 Å². The predicted octanol–water partition coefficient (Wildman–Crippen LogP) is 3.98. The summed E-state index contributed by atoms with van der Waals surface area (Å²) < 4.78 is 11.5. The number of nitrogens with one attached hydrogen (secondary N) is 2. The zero-order valence-corrected chi connectivity index (χ0v) is 22.2. The molecule has 0 aliphatic heterocycles. The standard InChI is InChI=1S/C22H38N4O2S.HI/c1-6-26(7-2)12-13-28-20-11-8-17(14-21(20)27-4)16-24-22(23-3)25-18-9-10-19(15-18)29-5;/h8,11,14,18-19H,6-7,9-10,12-13,15-16H2,1-5H3,(H2,23,24,25);1H. The van der Waals surface area contributed by atoms with Crippen molar-refractivity contribution >= 4 is 41.7 Å². The molecule has 0 bridgehead atoms. The molecule has 0 aromatic heterocycles. The third kappa shape index (κ3) is 8.70. The first-order valence-electron chi connectivity index (χ1n) is 10.6. The summed E-state index contributed by atoms with van der Waals surface area (Å²) in [4.78, 5) is 6.72. The van der Waals surface area contributed by atoms with Gasteiger partial charge in [0, 0.05) is 31.4 Å². The number of hydrogen-bond donors (Lipinski definition) is 2. The van der Waals surface area contributed by atoms with Gasteiger partial charge in [0.25, 0.3) is 0 Å². The Bertz CT molecular complexity index is 644. The second-order valence-electron chi connectivity index (χ2n) is 7.30. The van der Waals surface area contributed by atoms with E-state index >= 15 is 0 Å². The molecule has 1 aliphatic carbocycles. The second kappa shape index (κ2) is 15.0. The first kappa shape index (κ1) is 27.2. The molecule has 2 N–H and O–H groups in total. The van der Waals surface area contributed by atoms with Gasteiger partial charge in [0.1, 0.15) is 6.61 Å². The zero-order chi connectivity index (χ0) is 21.1. The van der Waals surface area contributed by atoms with E-state index in [9.17, 15) is 0 Å². The molecule has 0 spiro atoms. The zero-order valence-electron chi connectivity index (χ0n) is 19.1. The summed E-state index contributed by atoms with van der Waals surface area (Å²) in [7, 11) is 3.51. The number of ether oxygens (including phenoxy) is 2. The molecule has 8 heteroatoms. The van der Waals surface area contributed by atoms with Gasteiger partial charge < -0.3 is 25.0 Å². The highest BCUT2D eigenvalue weighted by Crippen LogP contribution is 2.29. The van der Waals surface area contributed by atoms with Crippen molar-refractivity contribution in [2.45, 2.75) is 50.9 Å². The van der Waals surface area contributed by atoms with E-state index in [1.807, 2.05) is 30.9 Å². The fourth-order valence-corrected chi connectivity index (χ4v) is 4.42. The number of aliphatic imine (C=N–C) groups is 1. The van der Waals surface area contributed by atoms with Crippen molar-refractivity contribution < 1.29 is 9.47 Å². The molecule has 6 nitrogen and oxygen atoms in total. The molecular formula is C22H39IN4O2S. The quantitative estimate of drug-likeness (QED) is 0.247. The molecule has 1 fully saturated rings. The first-order chi connectivity index (χ1) is 14.1. The third-order valence-corrected chi connectivity index (χ3v) is 6.62. The number of methoxy groups -OCH3 is 1. The van der Waals surface area contributed by atoms with E-state index in [0.29, 0.717) is 19.2 Å².